The Labute approximate surface area is 106 Å². The van der Waals surface area contributed by atoms with E-state index in [1.54, 1.807) is 24.3 Å². The van der Waals surface area contributed by atoms with Crippen LogP contribution in [0.1, 0.15) is 5.56 Å². The Hall–Kier alpha value is -2.42. The summed E-state index contributed by atoms with van der Waals surface area (Å²) >= 11 is 0. The van der Waals surface area contributed by atoms with Crippen molar-refractivity contribution < 1.29 is 9.53 Å². The van der Waals surface area contributed by atoms with Gasteiger partial charge in [0.1, 0.15) is 12.0 Å². The van der Waals surface area contributed by atoms with Gasteiger partial charge in [-0.1, -0.05) is 35.9 Å². The van der Waals surface area contributed by atoms with Gasteiger partial charge < -0.3 is 4.74 Å². The first-order valence-corrected chi connectivity index (χ1v) is 5.61. The molecule has 0 heterocycles. The standard InChI is InChI=1S/C15H13NO2/c1-12-7-9-13(10-8-12)16-11-15(17)18-14-5-3-2-4-6-14/h2-11H,1H3. The molecule has 0 spiro atoms. The summed E-state index contributed by atoms with van der Waals surface area (Å²) in [7, 11) is 0. The lowest BCUT2D eigenvalue weighted by atomic mass is 10.2. The number of hydrogen-bond acceptors (Lipinski definition) is 3. The molecule has 2 aromatic rings. The Balaban J connectivity index is 1.97. The molecule has 0 aromatic heterocycles. The highest BCUT2D eigenvalue weighted by Crippen LogP contribution is 2.12. The zero-order chi connectivity index (χ0) is 12.8. The van der Waals surface area contributed by atoms with Crippen LogP contribution in [0.25, 0.3) is 0 Å². The summed E-state index contributed by atoms with van der Waals surface area (Å²) in [5.41, 5.74) is 1.88. The van der Waals surface area contributed by atoms with E-state index in [0.29, 0.717) is 5.75 Å². The molecule has 3 heteroatoms. The zero-order valence-electron chi connectivity index (χ0n) is 10.0. The van der Waals surface area contributed by atoms with Gasteiger partial charge in [-0.25, -0.2) is 9.79 Å². The molecule has 2 rings (SSSR count). The smallest absolute Gasteiger partial charge is 0.354 e. The average Bonchev–Trinajstić information content (AvgIpc) is 2.39. The van der Waals surface area contributed by atoms with Gasteiger partial charge >= 0.3 is 5.97 Å². The molecule has 90 valence electrons. The highest BCUT2D eigenvalue weighted by Gasteiger charge is 1.99. The van der Waals surface area contributed by atoms with E-state index in [1.807, 2.05) is 37.3 Å². The molecule has 0 unspecified atom stereocenters. The first-order chi connectivity index (χ1) is 8.74. The number of esters is 1. The second kappa shape index (κ2) is 5.77. The maximum absolute atomic E-state index is 11.5. The van der Waals surface area contributed by atoms with E-state index in [9.17, 15) is 4.79 Å². The maximum Gasteiger partial charge on any atom is 0.354 e. The molecule has 0 N–H and O–H groups in total. The van der Waals surface area contributed by atoms with Crippen LogP contribution < -0.4 is 4.74 Å². The highest BCUT2D eigenvalue weighted by molar-refractivity contribution is 6.24. The van der Waals surface area contributed by atoms with E-state index in [2.05, 4.69) is 4.99 Å². The van der Waals surface area contributed by atoms with E-state index in [-0.39, 0.29) is 0 Å². The average molecular weight is 239 g/mol. The first kappa shape index (κ1) is 12.0. The molecule has 0 saturated heterocycles. The Kier molecular flexibility index (Phi) is 3.86. The Bertz CT molecular complexity index is 544. The fourth-order valence-corrected chi connectivity index (χ4v) is 1.39. The van der Waals surface area contributed by atoms with Crippen molar-refractivity contribution in [2.24, 2.45) is 4.99 Å². The monoisotopic (exact) mass is 239 g/mol. The third kappa shape index (κ3) is 3.56. The van der Waals surface area contributed by atoms with Crippen LogP contribution in [0.4, 0.5) is 5.69 Å². The zero-order valence-corrected chi connectivity index (χ0v) is 10.0. The number of nitrogens with zero attached hydrogens (tertiary/aromatic N) is 1. The summed E-state index contributed by atoms with van der Waals surface area (Å²) in [5.74, 6) is 0.0274. The van der Waals surface area contributed by atoms with Crippen molar-refractivity contribution in [3.63, 3.8) is 0 Å². The van der Waals surface area contributed by atoms with Crippen molar-refractivity contribution >= 4 is 17.9 Å². The number of benzene rings is 2. The summed E-state index contributed by atoms with van der Waals surface area (Å²) in [6.07, 6.45) is 1.18. The van der Waals surface area contributed by atoms with Crippen LogP contribution in [0.15, 0.2) is 59.6 Å². The van der Waals surface area contributed by atoms with Gasteiger partial charge in [-0.15, -0.1) is 0 Å². The maximum atomic E-state index is 11.5. The van der Waals surface area contributed by atoms with Gasteiger partial charge in [0.15, 0.2) is 0 Å². The summed E-state index contributed by atoms with van der Waals surface area (Å²) in [6.45, 7) is 2.00. The SMILES string of the molecule is Cc1ccc(N=CC(=O)Oc2ccccc2)cc1. The van der Waals surface area contributed by atoms with Gasteiger partial charge in [0.2, 0.25) is 0 Å². The molecule has 0 atom stereocenters. The summed E-state index contributed by atoms with van der Waals surface area (Å²) in [4.78, 5) is 15.5. The number of para-hydroxylation sites is 1. The minimum Gasteiger partial charge on any atom is -0.422 e. The van der Waals surface area contributed by atoms with E-state index in [1.165, 1.54) is 6.21 Å². The summed E-state index contributed by atoms with van der Waals surface area (Å²) in [6, 6.07) is 16.5. The van der Waals surface area contributed by atoms with Crippen LogP contribution in [0.3, 0.4) is 0 Å². The second-order valence-electron chi connectivity index (χ2n) is 3.83. The minimum atomic E-state index is -0.484. The van der Waals surface area contributed by atoms with Crippen LogP contribution in [0, 0.1) is 6.92 Å². The lowest BCUT2D eigenvalue weighted by molar-refractivity contribution is -0.126. The van der Waals surface area contributed by atoms with Gasteiger partial charge in [-0.2, -0.15) is 0 Å². The molecular weight excluding hydrogens is 226 g/mol. The van der Waals surface area contributed by atoms with Gasteiger partial charge in [-0.05, 0) is 31.2 Å². The first-order valence-electron chi connectivity index (χ1n) is 5.61. The third-order valence-electron chi connectivity index (χ3n) is 2.31. The van der Waals surface area contributed by atoms with E-state index >= 15 is 0 Å². The predicted molar refractivity (Wildman–Crippen MR) is 71.4 cm³/mol. The Morgan fingerprint density at radius 2 is 1.72 bits per heavy atom. The van der Waals surface area contributed by atoms with Crippen LogP contribution in [-0.2, 0) is 4.79 Å². The van der Waals surface area contributed by atoms with Gasteiger partial charge in [0.05, 0.1) is 5.69 Å². The number of carbonyl (C=O) groups excluding carboxylic acids is 1. The topological polar surface area (TPSA) is 38.7 Å². The van der Waals surface area contributed by atoms with Crippen LogP contribution in [-0.4, -0.2) is 12.2 Å². The molecule has 2 aromatic carbocycles. The van der Waals surface area contributed by atoms with E-state index in [0.717, 1.165) is 11.3 Å². The lowest BCUT2D eigenvalue weighted by Crippen LogP contribution is -2.08. The normalized spacial score (nSPS) is 10.5. The second-order valence-corrected chi connectivity index (χ2v) is 3.83. The van der Waals surface area contributed by atoms with Crippen molar-refractivity contribution in [3.05, 3.63) is 60.2 Å². The lowest BCUT2D eigenvalue weighted by Gasteiger charge is -1.99. The fraction of sp³-hybridized carbons (Fsp3) is 0.0667. The van der Waals surface area contributed by atoms with Crippen molar-refractivity contribution in [2.75, 3.05) is 0 Å². The Morgan fingerprint density at radius 1 is 1.06 bits per heavy atom. The molecule has 18 heavy (non-hydrogen) atoms. The number of aryl methyl sites for hydroxylation is 1. The van der Waals surface area contributed by atoms with Gasteiger partial charge in [0.25, 0.3) is 0 Å². The molecule has 0 amide bonds. The molecule has 0 fully saturated rings. The molecule has 0 aliphatic heterocycles. The van der Waals surface area contributed by atoms with Crippen molar-refractivity contribution in [3.8, 4) is 5.75 Å². The van der Waals surface area contributed by atoms with Crippen LogP contribution in [0.2, 0.25) is 0 Å². The van der Waals surface area contributed by atoms with Crippen molar-refractivity contribution in [2.45, 2.75) is 6.92 Å². The van der Waals surface area contributed by atoms with Gasteiger partial charge in [-0.3, -0.25) is 0 Å². The van der Waals surface area contributed by atoms with E-state index in [4.69, 9.17) is 4.74 Å². The Morgan fingerprint density at radius 3 is 2.39 bits per heavy atom. The molecule has 0 aliphatic carbocycles. The largest absolute Gasteiger partial charge is 0.422 e. The van der Waals surface area contributed by atoms with E-state index < -0.39 is 5.97 Å². The minimum absolute atomic E-state index is 0.484. The van der Waals surface area contributed by atoms with Gasteiger partial charge in [0, 0.05) is 0 Å². The number of aliphatic imine (C=N–C) groups is 1. The van der Waals surface area contributed by atoms with Crippen molar-refractivity contribution in [1.82, 2.24) is 0 Å². The predicted octanol–water partition coefficient (Wildman–Crippen LogP) is 3.30. The molecular formula is C15H13NO2. The molecule has 3 nitrogen and oxygen atoms in total. The summed E-state index contributed by atoms with van der Waals surface area (Å²) in [5, 5.41) is 0. The quantitative estimate of drug-likeness (QED) is 0.468. The fourth-order valence-electron chi connectivity index (χ4n) is 1.39. The van der Waals surface area contributed by atoms with Crippen molar-refractivity contribution in [1.29, 1.82) is 0 Å². The number of carbonyl (C=O) groups is 1. The third-order valence-corrected chi connectivity index (χ3v) is 2.31. The number of ether oxygens (including phenoxy) is 1. The molecule has 0 bridgehead atoms. The highest BCUT2D eigenvalue weighted by atomic mass is 16.5. The molecule has 0 aliphatic rings. The molecule has 0 saturated carbocycles. The van der Waals surface area contributed by atoms with Crippen LogP contribution in [0.5, 0.6) is 5.75 Å². The summed E-state index contributed by atoms with van der Waals surface area (Å²) < 4.78 is 5.07. The number of hydrogen-bond donors (Lipinski definition) is 0. The number of rotatable bonds is 3. The van der Waals surface area contributed by atoms with Crippen LogP contribution >= 0.6 is 0 Å². The molecule has 0 radical (unpaired) electrons.